The number of benzene rings is 2. The number of hydrogen-bond acceptors (Lipinski definition) is 7. The van der Waals surface area contributed by atoms with Gasteiger partial charge in [-0.3, -0.25) is 0 Å². The molecular weight excluding hydrogens is 1140 g/mol. The van der Waals surface area contributed by atoms with Gasteiger partial charge in [0, 0.05) is 42.9 Å². The fraction of sp³-hybridized carbons (Fsp3) is 0.429. The Morgan fingerprint density at radius 1 is 0.917 bits per heavy atom. The van der Waals surface area contributed by atoms with Gasteiger partial charge in [-0.05, 0) is 84.5 Å². The second-order valence-corrected chi connectivity index (χ2v) is 23.6. The van der Waals surface area contributed by atoms with E-state index in [0.29, 0.717) is 26.5 Å². The SMILES string of the molecule is C.CN=O.Cc1cc2c(c(C)c1C)B(O)OC2.Cc1cc2c(c(C)c1N)B(O)OC2.I.II.I[I-]I.[H+]. The molecule has 15 heteroatoms. The van der Waals surface area contributed by atoms with Gasteiger partial charge in [-0.2, -0.15) is 4.91 Å². The quantitative estimate of drug-likeness (QED) is 0.162. The summed E-state index contributed by atoms with van der Waals surface area (Å²) in [6.45, 7) is 11.1. The molecule has 0 radical (unpaired) electrons. The number of fused-ring (bicyclic) bond motifs is 2. The minimum atomic E-state index is -0.794. The van der Waals surface area contributed by atoms with Gasteiger partial charge in [0.2, 0.25) is 0 Å². The molecule has 4 rings (SSSR count). The minimum absolute atomic E-state index is 0. The molecule has 7 nitrogen and oxygen atoms in total. The Labute approximate surface area is 288 Å². The normalized spacial score (nSPS) is 11.9. The van der Waals surface area contributed by atoms with Crippen molar-refractivity contribution in [2.45, 2.75) is 55.3 Å². The first-order valence-electron chi connectivity index (χ1n) is 9.85. The van der Waals surface area contributed by atoms with E-state index in [1.165, 1.54) is 23.7 Å². The van der Waals surface area contributed by atoms with Crippen molar-refractivity contribution >= 4 is 129 Å². The number of hydrogen-bond donors (Lipinski definition) is 3. The average molecular weight is 1180 g/mol. The van der Waals surface area contributed by atoms with Gasteiger partial charge < -0.3 is 25.1 Å². The maximum atomic E-state index is 9.56. The Bertz CT molecular complexity index is 895. The van der Waals surface area contributed by atoms with Gasteiger partial charge in [-0.1, -0.05) is 24.7 Å². The van der Waals surface area contributed by atoms with E-state index in [-0.39, 0.29) is 32.8 Å². The molecule has 0 saturated heterocycles. The van der Waals surface area contributed by atoms with Crippen LogP contribution in [-0.4, -0.2) is 31.3 Å². The summed E-state index contributed by atoms with van der Waals surface area (Å²) in [5, 5.41) is 21.3. The summed E-state index contributed by atoms with van der Waals surface area (Å²) in [5.41, 5.74) is 16.3. The second kappa shape index (κ2) is 22.8. The van der Waals surface area contributed by atoms with E-state index in [2.05, 4.69) is 99.6 Å². The van der Waals surface area contributed by atoms with Crippen molar-refractivity contribution in [2.24, 2.45) is 5.18 Å². The summed E-state index contributed by atoms with van der Waals surface area (Å²) in [6, 6.07) is 4.09. The van der Waals surface area contributed by atoms with Gasteiger partial charge in [0.1, 0.15) is 0 Å². The molecule has 2 aliphatic rings. The van der Waals surface area contributed by atoms with Gasteiger partial charge in [0.15, 0.2) is 0 Å². The molecule has 0 atom stereocenters. The third kappa shape index (κ3) is 12.4. The number of aryl methyl sites for hydroxylation is 2. The number of anilines is 1. The van der Waals surface area contributed by atoms with Crippen LogP contribution < -0.4 is 29.9 Å². The van der Waals surface area contributed by atoms with Crippen LogP contribution in [0.15, 0.2) is 17.3 Å². The van der Waals surface area contributed by atoms with Gasteiger partial charge in [-0.15, -0.1) is 24.0 Å². The van der Waals surface area contributed by atoms with Crippen molar-refractivity contribution in [3.05, 3.63) is 56.0 Å². The Morgan fingerprint density at radius 2 is 1.25 bits per heavy atom. The van der Waals surface area contributed by atoms with E-state index < -0.39 is 14.2 Å². The van der Waals surface area contributed by atoms with Crippen LogP contribution in [0.4, 0.5) is 5.69 Å². The predicted molar refractivity (Wildman–Crippen MR) is 197 cm³/mol. The molecule has 2 aromatic carbocycles. The molecule has 0 spiro atoms. The Morgan fingerprint density at radius 3 is 1.64 bits per heavy atom. The van der Waals surface area contributed by atoms with Crippen LogP contribution in [0, 0.1) is 39.5 Å². The van der Waals surface area contributed by atoms with E-state index in [0.717, 1.165) is 38.9 Å². The number of halogens is 6. The Balaban J connectivity index is -0.000000217. The summed E-state index contributed by atoms with van der Waals surface area (Å²) in [7, 11) is -0.313. The monoisotopic (exact) mass is 1180 g/mol. The first-order valence-corrected chi connectivity index (χ1v) is 28.7. The fourth-order valence-electron chi connectivity index (χ4n) is 3.72. The fourth-order valence-corrected chi connectivity index (χ4v) is 3.72. The molecule has 0 aliphatic carbocycles. The maximum absolute atomic E-state index is 9.56. The molecule has 0 aromatic heterocycles. The topological polar surface area (TPSA) is 114 Å². The Kier molecular flexibility index (Phi) is 27.0. The zero-order valence-electron chi connectivity index (χ0n) is 21.2. The molecule has 0 saturated carbocycles. The van der Waals surface area contributed by atoms with Crippen molar-refractivity contribution in [3.8, 4) is 0 Å². The first-order chi connectivity index (χ1) is 16.0. The zero-order valence-corrected chi connectivity index (χ0v) is 33.3. The summed E-state index contributed by atoms with van der Waals surface area (Å²) in [6.07, 6.45) is 0. The molecule has 2 aliphatic heterocycles. The molecule has 0 unspecified atom stereocenters. The van der Waals surface area contributed by atoms with Crippen molar-refractivity contribution in [3.63, 3.8) is 0 Å². The van der Waals surface area contributed by atoms with Gasteiger partial charge in [0.25, 0.3) is 0 Å². The second-order valence-electron chi connectivity index (χ2n) is 7.38. The van der Waals surface area contributed by atoms with E-state index in [9.17, 15) is 10.0 Å². The van der Waals surface area contributed by atoms with Crippen molar-refractivity contribution < 1.29 is 34.0 Å². The summed E-state index contributed by atoms with van der Waals surface area (Å²) < 4.78 is 10.3. The number of nitrogens with zero attached hydrogens (tertiary/aromatic N) is 1. The van der Waals surface area contributed by atoms with Crippen LogP contribution in [0.1, 0.15) is 47.8 Å². The van der Waals surface area contributed by atoms with Crippen molar-refractivity contribution in [2.75, 3.05) is 12.8 Å². The van der Waals surface area contributed by atoms with Crippen LogP contribution >= 0.6 is 98.4 Å². The van der Waals surface area contributed by atoms with E-state index in [1.807, 2.05) is 26.8 Å². The molecule has 0 amide bonds. The molecule has 0 bridgehead atoms. The first kappa shape index (κ1) is 42.7. The smallest absolute Gasteiger partial charge is 1.00 e. The number of nitrogens with two attached hydrogens (primary N) is 1. The van der Waals surface area contributed by atoms with E-state index in [1.54, 1.807) is 0 Å². The van der Waals surface area contributed by atoms with Crippen LogP contribution in [0.2, 0.25) is 0 Å². The standard InChI is InChI=1S/C10H13BO2.C9H12BNO2.CH3NO.CH4.I3.I2.HI/c1-6-4-9-5-13-11(12)10(9)8(3)7(6)2;1-5-3-7-4-13-10(12)8(7)6(2)9(5)11;1-2-3;;1-3-2;1-2;/h4,12H,5H2,1-3H3;3,12H,4,11H2,1-2H3;1H3;1H4;;;1H/q;;;;-1;;/p+1. The van der Waals surface area contributed by atoms with Crippen molar-refractivity contribution in [1.29, 1.82) is 0 Å². The van der Waals surface area contributed by atoms with Crippen molar-refractivity contribution in [1.82, 2.24) is 0 Å². The third-order valence-corrected chi connectivity index (χ3v) is 5.55. The molecule has 206 valence electrons. The number of nitrogen functional groups attached to an aromatic ring is 1. The molecule has 4 N–H and O–H groups in total. The summed E-state index contributed by atoms with van der Waals surface area (Å²) in [4.78, 5) is 8.56. The molecule has 36 heavy (non-hydrogen) atoms. The Hall–Kier alpha value is 2.19. The van der Waals surface area contributed by atoms with Crippen LogP contribution in [0.3, 0.4) is 0 Å². The summed E-state index contributed by atoms with van der Waals surface area (Å²) in [5.74, 6) is 0. The van der Waals surface area contributed by atoms with E-state index >= 15 is 0 Å². The molecule has 0 fully saturated rings. The predicted octanol–water partition coefficient (Wildman–Crippen LogP) is 3.23. The van der Waals surface area contributed by atoms with Gasteiger partial charge >= 0.3 is 66.2 Å². The van der Waals surface area contributed by atoms with E-state index in [4.69, 9.17) is 19.9 Å². The van der Waals surface area contributed by atoms with Crippen LogP contribution in [0.25, 0.3) is 0 Å². The molecular formula is C21H34B2I6N2O5. The number of nitroso groups, excluding NO2 is 1. The van der Waals surface area contributed by atoms with Gasteiger partial charge in [-0.25, -0.2) is 0 Å². The molecule has 2 heterocycles. The molecule has 2 aromatic rings. The van der Waals surface area contributed by atoms with Crippen LogP contribution in [-0.2, 0) is 22.5 Å². The maximum Gasteiger partial charge on any atom is 1.00 e. The third-order valence-electron chi connectivity index (χ3n) is 5.55. The zero-order chi connectivity index (χ0) is 26.6. The summed E-state index contributed by atoms with van der Waals surface area (Å²) >= 11 is 9.54. The largest absolute Gasteiger partial charge is 1.00 e. The van der Waals surface area contributed by atoms with Crippen LogP contribution in [0.5, 0.6) is 0 Å². The average Bonchev–Trinajstić information content (AvgIpc) is 3.35. The van der Waals surface area contributed by atoms with Gasteiger partial charge in [0.05, 0.1) is 20.3 Å². The number of rotatable bonds is 0. The minimum Gasteiger partial charge on any atom is 1.00 e.